The Morgan fingerprint density at radius 3 is 2.58 bits per heavy atom. The fourth-order valence-corrected chi connectivity index (χ4v) is 3.33. The number of nitrogens with zero attached hydrogens (tertiary/aromatic N) is 1. The molecule has 11 heteroatoms. The second-order valence-electron chi connectivity index (χ2n) is 3.57. The van der Waals surface area contributed by atoms with E-state index in [1.807, 2.05) is 0 Å². The number of nitrogen functional groups attached to an aromatic ring is 1. The van der Waals surface area contributed by atoms with Crippen molar-refractivity contribution in [3.05, 3.63) is 0 Å². The van der Waals surface area contributed by atoms with Crippen molar-refractivity contribution in [2.24, 2.45) is 0 Å². The summed E-state index contributed by atoms with van der Waals surface area (Å²) in [6.45, 7) is 0.498. The quantitative estimate of drug-likeness (QED) is 0.743. The predicted octanol–water partition coefficient (Wildman–Crippen LogP) is 0.854. The van der Waals surface area contributed by atoms with Gasteiger partial charge in [-0.15, -0.1) is 0 Å². The Morgan fingerprint density at radius 2 is 2.11 bits per heavy atom. The Morgan fingerprint density at radius 1 is 1.53 bits per heavy atom. The molecule has 19 heavy (non-hydrogen) atoms. The Kier molecular flexibility index (Phi) is 4.63. The fraction of sp³-hybridized carbons (Fsp3) is 0.625. The molecule has 6 nitrogen and oxygen atoms in total. The maximum absolute atomic E-state index is 12.1. The highest BCUT2D eigenvalue weighted by molar-refractivity contribution is 7.91. The van der Waals surface area contributed by atoms with Gasteiger partial charge in [-0.05, 0) is 11.5 Å². The summed E-state index contributed by atoms with van der Waals surface area (Å²) in [6.07, 6.45) is -7.39. The Balaban J connectivity index is 2.93. The molecular formula is C8H12F3N3O3S2. The number of sulfone groups is 1. The van der Waals surface area contributed by atoms with Gasteiger partial charge in [0.15, 0.2) is 21.8 Å². The van der Waals surface area contributed by atoms with Crippen LogP contribution in [-0.4, -0.2) is 42.5 Å². The summed E-state index contributed by atoms with van der Waals surface area (Å²) in [5, 5.41) is 10.9. The molecule has 0 fully saturated rings. The van der Waals surface area contributed by atoms with Crippen molar-refractivity contribution >= 4 is 32.2 Å². The van der Waals surface area contributed by atoms with Crippen LogP contribution in [0.3, 0.4) is 0 Å². The first-order valence-electron chi connectivity index (χ1n) is 5.06. The van der Waals surface area contributed by atoms with Gasteiger partial charge in [-0.3, -0.25) is 0 Å². The third-order valence-electron chi connectivity index (χ3n) is 2.20. The van der Waals surface area contributed by atoms with Crippen LogP contribution in [0, 0.1) is 0 Å². The van der Waals surface area contributed by atoms with Gasteiger partial charge in [0.05, 0.1) is 12.3 Å². The molecule has 1 heterocycles. The van der Waals surface area contributed by atoms with Crippen LogP contribution in [0.5, 0.6) is 0 Å². The van der Waals surface area contributed by atoms with E-state index in [0.29, 0.717) is 11.5 Å². The minimum Gasteiger partial charge on any atom is -0.382 e. The first kappa shape index (κ1) is 16.0. The van der Waals surface area contributed by atoms with Crippen molar-refractivity contribution < 1.29 is 26.7 Å². The molecule has 0 radical (unpaired) electrons. The molecule has 4 N–H and O–H groups in total. The molecule has 0 saturated carbocycles. The summed E-state index contributed by atoms with van der Waals surface area (Å²) in [7, 11) is -3.70. The van der Waals surface area contributed by atoms with Gasteiger partial charge in [0, 0.05) is 0 Å². The van der Waals surface area contributed by atoms with Gasteiger partial charge < -0.3 is 16.2 Å². The normalized spacial score (nSPS) is 14.4. The van der Waals surface area contributed by atoms with Crippen LogP contribution >= 0.6 is 11.5 Å². The van der Waals surface area contributed by atoms with Gasteiger partial charge in [0.1, 0.15) is 9.90 Å². The molecule has 0 aliphatic rings. The standard InChI is InChI=1S/C8H12F3N3O3S2/c1-2-19(16,17)5-6(12)14-18-7(5)13-3-4(15)8(9,10)11/h4,13,15H,2-3H2,1H3,(H2,12,14). The number of aliphatic hydroxyl groups excluding tert-OH is 1. The van der Waals surface area contributed by atoms with Crippen LogP contribution in [0.15, 0.2) is 4.90 Å². The minimum atomic E-state index is -4.78. The van der Waals surface area contributed by atoms with Gasteiger partial charge in [0.2, 0.25) is 0 Å². The second-order valence-corrected chi connectivity index (χ2v) is 6.56. The number of aliphatic hydroxyl groups is 1. The molecule has 0 spiro atoms. The SMILES string of the molecule is CCS(=O)(=O)c1c(N)nsc1NCC(O)C(F)(F)F. The number of alkyl halides is 3. The molecule has 0 amide bonds. The average Bonchev–Trinajstić information content (AvgIpc) is 2.66. The Labute approximate surface area is 111 Å². The van der Waals surface area contributed by atoms with E-state index in [0.717, 1.165) is 0 Å². The van der Waals surface area contributed by atoms with E-state index in [2.05, 4.69) is 9.69 Å². The van der Waals surface area contributed by atoms with E-state index >= 15 is 0 Å². The molecule has 0 aliphatic carbocycles. The Bertz CT molecular complexity index is 541. The lowest BCUT2D eigenvalue weighted by atomic mass is 10.3. The van der Waals surface area contributed by atoms with Crippen LogP contribution in [-0.2, 0) is 9.84 Å². The third kappa shape index (κ3) is 3.70. The predicted molar refractivity (Wildman–Crippen MR) is 64.8 cm³/mol. The maximum atomic E-state index is 12.1. The lowest BCUT2D eigenvalue weighted by Gasteiger charge is -2.15. The number of rotatable bonds is 5. The number of hydrogen-bond donors (Lipinski definition) is 3. The van der Waals surface area contributed by atoms with Crippen molar-refractivity contribution in [1.82, 2.24) is 4.37 Å². The first-order valence-corrected chi connectivity index (χ1v) is 7.48. The number of halogens is 3. The van der Waals surface area contributed by atoms with E-state index in [1.165, 1.54) is 6.92 Å². The molecule has 1 aromatic heterocycles. The molecule has 1 atom stereocenters. The highest BCUT2D eigenvalue weighted by Crippen LogP contribution is 2.32. The van der Waals surface area contributed by atoms with E-state index in [1.54, 1.807) is 0 Å². The summed E-state index contributed by atoms with van der Waals surface area (Å²) in [5.41, 5.74) is 5.39. The third-order valence-corrected chi connectivity index (χ3v) is 4.94. The van der Waals surface area contributed by atoms with Gasteiger partial charge >= 0.3 is 6.18 Å². The lowest BCUT2D eigenvalue weighted by molar-refractivity contribution is -0.198. The number of hydrogen-bond acceptors (Lipinski definition) is 7. The Hall–Kier alpha value is -1.07. The van der Waals surface area contributed by atoms with E-state index < -0.39 is 28.7 Å². The topological polar surface area (TPSA) is 105 Å². The number of nitrogens with two attached hydrogens (primary N) is 1. The van der Waals surface area contributed by atoms with Crippen molar-refractivity contribution in [1.29, 1.82) is 0 Å². The molecule has 110 valence electrons. The van der Waals surface area contributed by atoms with E-state index in [4.69, 9.17) is 10.8 Å². The zero-order valence-corrected chi connectivity index (χ0v) is 11.4. The number of anilines is 2. The van der Waals surface area contributed by atoms with Crippen molar-refractivity contribution in [3.8, 4) is 0 Å². The van der Waals surface area contributed by atoms with Crippen molar-refractivity contribution in [2.45, 2.75) is 24.1 Å². The average molecular weight is 319 g/mol. The van der Waals surface area contributed by atoms with Gasteiger partial charge in [0.25, 0.3) is 0 Å². The summed E-state index contributed by atoms with van der Waals surface area (Å²) in [6, 6.07) is 0. The van der Waals surface area contributed by atoms with Crippen LogP contribution < -0.4 is 11.1 Å². The zero-order chi connectivity index (χ0) is 14.8. The van der Waals surface area contributed by atoms with Gasteiger partial charge in [-0.2, -0.15) is 17.5 Å². The minimum absolute atomic E-state index is 0.109. The monoisotopic (exact) mass is 319 g/mol. The van der Waals surface area contributed by atoms with Crippen LogP contribution in [0.4, 0.5) is 24.0 Å². The summed E-state index contributed by atoms with van der Waals surface area (Å²) < 4.78 is 63.3. The molecule has 1 rings (SSSR count). The summed E-state index contributed by atoms with van der Waals surface area (Å²) >= 11 is 0.627. The first-order chi connectivity index (χ1) is 8.59. The highest BCUT2D eigenvalue weighted by Gasteiger charge is 2.38. The van der Waals surface area contributed by atoms with E-state index in [-0.39, 0.29) is 21.5 Å². The molecule has 0 saturated heterocycles. The molecule has 1 aromatic rings. The number of nitrogens with one attached hydrogen (secondary N) is 1. The van der Waals surface area contributed by atoms with Crippen molar-refractivity contribution in [3.63, 3.8) is 0 Å². The van der Waals surface area contributed by atoms with Gasteiger partial charge in [-0.1, -0.05) is 6.92 Å². The second kappa shape index (κ2) is 5.51. The molecule has 0 aromatic carbocycles. The zero-order valence-electron chi connectivity index (χ0n) is 9.73. The highest BCUT2D eigenvalue weighted by atomic mass is 32.2. The molecule has 0 bridgehead atoms. The smallest absolute Gasteiger partial charge is 0.382 e. The van der Waals surface area contributed by atoms with Gasteiger partial charge in [-0.25, -0.2) is 8.42 Å². The molecule has 0 aliphatic heterocycles. The van der Waals surface area contributed by atoms with Crippen molar-refractivity contribution in [2.75, 3.05) is 23.3 Å². The molecular weight excluding hydrogens is 307 g/mol. The summed E-state index contributed by atoms with van der Waals surface area (Å²) in [5.74, 6) is -0.526. The molecule has 1 unspecified atom stereocenters. The lowest BCUT2D eigenvalue weighted by Crippen LogP contribution is -2.35. The maximum Gasteiger partial charge on any atom is 0.416 e. The number of aromatic nitrogens is 1. The van der Waals surface area contributed by atoms with Crippen LogP contribution in [0.25, 0.3) is 0 Å². The van der Waals surface area contributed by atoms with Crippen LogP contribution in [0.2, 0.25) is 0 Å². The van der Waals surface area contributed by atoms with E-state index in [9.17, 15) is 21.6 Å². The summed E-state index contributed by atoms with van der Waals surface area (Å²) in [4.78, 5) is -0.325. The van der Waals surface area contributed by atoms with Crippen LogP contribution in [0.1, 0.15) is 6.92 Å². The largest absolute Gasteiger partial charge is 0.416 e. The fourth-order valence-electron chi connectivity index (χ4n) is 1.16.